The van der Waals surface area contributed by atoms with E-state index in [9.17, 15) is 9.59 Å². The molecule has 4 rings (SSSR count). The lowest BCUT2D eigenvalue weighted by Gasteiger charge is -2.62. The monoisotopic (exact) mass is 448 g/mol. The number of rotatable bonds is 5. The maximum absolute atomic E-state index is 12.5. The highest BCUT2D eigenvalue weighted by molar-refractivity contribution is 8.00. The molecule has 0 aromatic carbocycles. The minimum Gasteiger partial charge on any atom is -0.353 e. The number of nitrogens with zero attached hydrogens (tertiary/aromatic N) is 1. The second-order valence-electron chi connectivity index (χ2n) is 11.9. The summed E-state index contributed by atoms with van der Waals surface area (Å²) in [6.07, 6.45) is 9.42. The van der Waals surface area contributed by atoms with Gasteiger partial charge in [0.2, 0.25) is 11.8 Å². The molecule has 2 unspecified atom stereocenters. The van der Waals surface area contributed by atoms with Crippen LogP contribution in [-0.4, -0.2) is 46.8 Å². The topological polar surface area (TPSA) is 49.4 Å². The van der Waals surface area contributed by atoms with Crippen LogP contribution in [0, 0.1) is 34.5 Å². The molecule has 0 aromatic heterocycles. The summed E-state index contributed by atoms with van der Waals surface area (Å²) in [4.78, 5) is 27.0. The molecule has 5 heteroatoms. The van der Waals surface area contributed by atoms with Gasteiger partial charge in [-0.3, -0.25) is 9.59 Å². The molecule has 176 valence electrons. The highest BCUT2D eigenvalue weighted by Crippen LogP contribution is 2.66. The number of piperidine rings is 1. The van der Waals surface area contributed by atoms with Crippen molar-refractivity contribution in [1.82, 2.24) is 10.2 Å². The summed E-state index contributed by atoms with van der Waals surface area (Å²) in [6.45, 7) is 11.6. The number of likely N-dealkylation sites (tertiary alicyclic amines) is 1. The molecule has 0 spiro atoms. The maximum atomic E-state index is 12.5. The summed E-state index contributed by atoms with van der Waals surface area (Å²) < 4.78 is 0. The third-order valence-corrected chi connectivity index (χ3v) is 11.3. The molecule has 1 saturated heterocycles. The third-order valence-electron chi connectivity index (χ3n) is 10.2. The Kier molecular flexibility index (Phi) is 6.48. The van der Waals surface area contributed by atoms with Crippen molar-refractivity contribution in [2.45, 2.75) is 103 Å². The number of nitrogens with one attached hydrogen (secondary N) is 1. The lowest BCUT2D eigenvalue weighted by Crippen LogP contribution is -2.61. The van der Waals surface area contributed by atoms with Crippen LogP contribution in [0.25, 0.3) is 0 Å². The van der Waals surface area contributed by atoms with Gasteiger partial charge in [0.15, 0.2) is 0 Å². The third kappa shape index (κ3) is 3.95. The molecular formula is C26H44N2O2S. The van der Waals surface area contributed by atoms with E-state index in [-0.39, 0.29) is 11.9 Å². The van der Waals surface area contributed by atoms with Crippen LogP contribution in [0.4, 0.5) is 0 Å². The van der Waals surface area contributed by atoms with Crippen LogP contribution in [0.15, 0.2) is 0 Å². The van der Waals surface area contributed by atoms with Gasteiger partial charge in [-0.15, -0.1) is 11.8 Å². The first-order valence-corrected chi connectivity index (χ1v) is 13.8. The predicted molar refractivity (Wildman–Crippen MR) is 129 cm³/mol. The lowest BCUT2D eigenvalue weighted by atomic mass is 9.46. The molecule has 4 nitrogen and oxygen atoms in total. The number of fused-ring (bicyclic) bond motifs is 5. The van der Waals surface area contributed by atoms with E-state index < -0.39 is 0 Å². The van der Waals surface area contributed by atoms with Crippen LogP contribution in [0.1, 0.15) is 86.0 Å². The van der Waals surface area contributed by atoms with E-state index in [1.165, 1.54) is 38.5 Å². The molecular weight excluding hydrogens is 404 g/mol. The van der Waals surface area contributed by atoms with Crippen LogP contribution >= 0.6 is 11.8 Å². The van der Waals surface area contributed by atoms with Gasteiger partial charge in [0, 0.05) is 25.6 Å². The van der Waals surface area contributed by atoms with Crippen molar-refractivity contribution in [2.24, 2.45) is 34.5 Å². The molecule has 8 atom stereocenters. The Hall–Kier alpha value is -0.710. The minimum atomic E-state index is 0.204. The van der Waals surface area contributed by atoms with Gasteiger partial charge in [-0.1, -0.05) is 27.7 Å². The number of carbonyl (C=O) groups is 2. The van der Waals surface area contributed by atoms with Gasteiger partial charge < -0.3 is 10.2 Å². The Morgan fingerprint density at radius 3 is 2.48 bits per heavy atom. The van der Waals surface area contributed by atoms with Crippen LogP contribution in [0.5, 0.6) is 0 Å². The molecule has 4 aliphatic rings. The van der Waals surface area contributed by atoms with Crippen LogP contribution in [-0.2, 0) is 9.59 Å². The second kappa shape index (κ2) is 8.57. The fourth-order valence-electron chi connectivity index (χ4n) is 8.65. The number of carbonyl (C=O) groups excluding carboxylic acids is 2. The summed E-state index contributed by atoms with van der Waals surface area (Å²) in [7, 11) is 2.05. The zero-order valence-corrected chi connectivity index (χ0v) is 21.4. The normalized spacial score (nSPS) is 43.3. The molecule has 1 heterocycles. The van der Waals surface area contributed by atoms with Crippen LogP contribution in [0.3, 0.4) is 0 Å². The van der Waals surface area contributed by atoms with Crippen molar-refractivity contribution in [3.63, 3.8) is 0 Å². The fraction of sp³-hybridized carbons (Fsp3) is 0.923. The molecule has 1 N–H and O–H groups in total. The van der Waals surface area contributed by atoms with E-state index >= 15 is 0 Å². The molecule has 0 radical (unpaired) electrons. The molecule has 1 aliphatic heterocycles. The number of hydrogen-bond acceptors (Lipinski definition) is 3. The smallest absolute Gasteiger partial charge is 0.230 e. The fourth-order valence-corrected chi connectivity index (χ4v) is 9.22. The zero-order chi connectivity index (χ0) is 22.6. The number of thioether (sulfide) groups is 1. The Balaban J connectivity index is 1.46. The summed E-state index contributed by atoms with van der Waals surface area (Å²) in [5.41, 5.74) is 0.636. The Morgan fingerprint density at radius 2 is 1.77 bits per heavy atom. The van der Waals surface area contributed by atoms with Crippen molar-refractivity contribution in [3.8, 4) is 0 Å². The van der Waals surface area contributed by atoms with Gasteiger partial charge in [-0.05, 0) is 91.6 Å². The van der Waals surface area contributed by atoms with Gasteiger partial charge in [-0.25, -0.2) is 0 Å². The first kappa shape index (κ1) is 23.4. The second-order valence-corrected chi connectivity index (χ2v) is 13.5. The largest absolute Gasteiger partial charge is 0.353 e. The number of hydrogen-bond donors (Lipinski definition) is 1. The van der Waals surface area contributed by atoms with Crippen molar-refractivity contribution in [3.05, 3.63) is 0 Å². The highest BCUT2D eigenvalue weighted by atomic mass is 32.2. The molecule has 0 bridgehead atoms. The molecule has 0 aromatic rings. The van der Waals surface area contributed by atoms with Crippen molar-refractivity contribution >= 4 is 23.6 Å². The molecule has 31 heavy (non-hydrogen) atoms. The molecule has 2 amide bonds. The molecule has 3 saturated carbocycles. The lowest BCUT2D eigenvalue weighted by molar-refractivity contribution is -0.158. The first-order valence-electron chi connectivity index (χ1n) is 12.7. The Morgan fingerprint density at radius 1 is 1.06 bits per heavy atom. The first-order chi connectivity index (χ1) is 14.6. The van der Waals surface area contributed by atoms with Gasteiger partial charge in [0.1, 0.15) is 0 Å². The Bertz CT molecular complexity index is 712. The highest BCUT2D eigenvalue weighted by Gasteiger charge is 2.61. The van der Waals surface area contributed by atoms with Crippen LogP contribution in [0.2, 0.25) is 0 Å². The average molecular weight is 449 g/mol. The summed E-state index contributed by atoms with van der Waals surface area (Å²) in [6, 6.07) is 0.699. The Labute approximate surface area is 194 Å². The van der Waals surface area contributed by atoms with Crippen molar-refractivity contribution in [1.29, 1.82) is 0 Å². The predicted octanol–water partition coefficient (Wildman–Crippen LogP) is 5.11. The molecule has 3 aliphatic carbocycles. The van der Waals surface area contributed by atoms with E-state index in [1.54, 1.807) is 11.8 Å². The van der Waals surface area contributed by atoms with Gasteiger partial charge in [-0.2, -0.15) is 0 Å². The van der Waals surface area contributed by atoms with E-state index in [0.29, 0.717) is 39.7 Å². The molecule has 4 fully saturated rings. The van der Waals surface area contributed by atoms with Crippen LogP contribution < -0.4 is 5.32 Å². The van der Waals surface area contributed by atoms with E-state index in [0.717, 1.165) is 30.6 Å². The standard InChI is InChI=1S/C26H44N2O2S/c1-16(2)31-15-23(29)27-17(3)19-8-9-20-18-7-10-22-26(5,14-12-24(30)28(22)6)21(18)11-13-25(19,20)4/h16-22H,7-15H2,1-6H3,(H,27,29)/t17?,18-,19+,20-,21-,22?,25+,26+/m0/s1. The zero-order valence-electron chi connectivity index (χ0n) is 20.6. The average Bonchev–Trinajstić information content (AvgIpc) is 3.07. The minimum absolute atomic E-state index is 0.204. The maximum Gasteiger partial charge on any atom is 0.230 e. The summed E-state index contributed by atoms with van der Waals surface area (Å²) in [5, 5.41) is 3.86. The van der Waals surface area contributed by atoms with E-state index in [2.05, 4.69) is 44.8 Å². The van der Waals surface area contributed by atoms with E-state index in [1.807, 2.05) is 7.05 Å². The summed E-state index contributed by atoms with van der Waals surface area (Å²) in [5.74, 6) is 4.05. The van der Waals surface area contributed by atoms with Gasteiger partial charge >= 0.3 is 0 Å². The van der Waals surface area contributed by atoms with E-state index in [4.69, 9.17) is 0 Å². The van der Waals surface area contributed by atoms with Crippen molar-refractivity contribution in [2.75, 3.05) is 12.8 Å². The van der Waals surface area contributed by atoms with Gasteiger partial charge in [0.05, 0.1) is 5.75 Å². The summed E-state index contributed by atoms with van der Waals surface area (Å²) >= 11 is 1.73. The number of amides is 2. The van der Waals surface area contributed by atoms with Crippen molar-refractivity contribution < 1.29 is 9.59 Å². The van der Waals surface area contributed by atoms with Gasteiger partial charge in [0.25, 0.3) is 0 Å². The SMILES string of the molecule is CC(C)SCC(=O)NC(C)[C@H]1CC[C@H]2[C@@H]3CCC4N(C)C(=O)CC[C@]4(C)[C@H]3CC[C@]12C. The quantitative estimate of drug-likeness (QED) is 0.636.